The van der Waals surface area contributed by atoms with Gasteiger partial charge in [-0.2, -0.15) is 0 Å². The number of nitrogens with one attached hydrogen (secondary N) is 1. The van der Waals surface area contributed by atoms with E-state index in [4.69, 9.17) is 5.14 Å². The molecule has 0 spiro atoms. The molecule has 1 aromatic rings. The summed E-state index contributed by atoms with van der Waals surface area (Å²) in [6.07, 6.45) is 2.17. The van der Waals surface area contributed by atoms with Gasteiger partial charge in [-0.25, -0.2) is 17.9 Å². The molecule has 98 valence electrons. The topological polar surface area (TPSA) is 89.3 Å². The van der Waals surface area contributed by atoms with Crippen molar-refractivity contribution in [2.75, 3.05) is 6.54 Å². The Hall–Kier alpha value is -1.73. The number of carbonyl (C=O) groups is 1. The van der Waals surface area contributed by atoms with Gasteiger partial charge in [0.15, 0.2) is 0 Å². The molecule has 0 fully saturated rings. The molecule has 0 bridgehead atoms. The Kier molecular flexibility index (Phi) is 4.57. The molecule has 0 unspecified atom stereocenters. The van der Waals surface area contributed by atoms with Gasteiger partial charge in [-0.3, -0.25) is 4.79 Å². The van der Waals surface area contributed by atoms with Crippen LogP contribution in [0.25, 0.3) is 0 Å². The van der Waals surface area contributed by atoms with Crippen LogP contribution in [0.2, 0.25) is 0 Å². The van der Waals surface area contributed by atoms with Crippen LogP contribution in [-0.2, 0) is 10.0 Å². The monoisotopic (exact) mass is 272 g/mol. The number of amides is 1. The van der Waals surface area contributed by atoms with Crippen LogP contribution >= 0.6 is 0 Å². The van der Waals surface area contributed by atoms with E-state index in [9.17, 15) is 17.6 Å². The van der Waals surface area contributed by atoms with Crippen LogP contribution < -0.4 is 10.5 Å². The number of primary sulfonamides is 1. The second-order valence-electron chi connectivity index (χ2n) is 3.52. The molecule has 1 aromatic carbocycles. The normalized spacial score (nSPS) is 11.0. The molecule has 0 heterocycles. The Morgan fingerprint density at radius 3 is 2.67 bits per heavy atom. The van der Waals surface area contributed by atoms with E-state index in [0.717, 1.165) is 18.2 Å². The molecule has 1 rings (SSSR count). The van der Waals surface area contributed by atoms with Crippen molar-refractivity contribution in [2.45, 2.75) is 11.3 Å². The molecule has 5 nitrogen and oxygen atoms in total. The molecule has 7 heteroatoms. The fourth-order valence-corrected chi connectivity index (χ4v) is 1.77. The van der Waals surface area contributed by atoms with Gasteiger partial charge in [0.05, 0.1) is 10.5 Å². The number of nitrogens with two attached hydrogens (primary N) is 1. The number of rotatable bonds is 5. The number of sulfonamides is 1. The molecule has 0 aromatic heterocycles. The lowest BCUT2D eigenvalue weighted by molar-refractivity contribution is 0.0950. The van der Waals surface area contributed by atoms with Gasteiger partial charge in [0, 0.05) is 6.54 Å². The first-order valence-corrected chi connectivity index (χ1v) is 6.62. The van der Waals surface area contributed by atoms with Crippen molar-refractivity contribution in [2.24, 2.45) is 5.14 Å². The van der Waals surface area contributed by atoms with Crippen LogP contribution in [0.15, 0.2) is 35.7 Å². The number of hydrogen-bond donors (Lipinski definition) is 2. The van der Waals surface area contributed by atoms with Gasteiger partial charge < -0.3 is 5.32 Å². The van der Waals surface area contributed by atoms with E-state index in [-0.39, 0.29) is 10.5 Å². The minimum Gasteiger partial charge on any atom is -0.352 e. The van der Waals surface area contributed by atoms with Crippen molar-refractivity contribution >= 4 is 15.9 Å². The first-order chi connectivity index (χ1) is 8.36. The fourth-order valence-electron chi connectivity index (χ4n) is 1.24. The van der Waals surface area contributed by atoms with Crippen LogP contribution in [-0.4, -0.2) is 20.9 Å². The number of hydrogen-bond acceptors (Lipinski definition) is 3. The smallest absolute Gasteiger partial charge is 0.254 e. The highest BCUT2D eigenvalue weighted by molar-refractivity contribution is 7.89. The first kappa shape index (κ1) is 14.3. The van der Waals surface area contributed by atoms with Crippen molar-refractivity contribution < 1.29 is 17.6 Å². The van der Waals surface area contributed by atoms with Crippen molar-refractivity contribution in [3.8, 4) is 0 Å². The van der Waals surface area contributed by atoms with Crippen molar-refractivity contribution in [3.63, 3.8) is 0 Å². The van der Waals surface area contributed by atoms with E-state index in [1.165, 1.54) is 0 Å². The molecule has 0 saturated heterocycles. The predicted molar refractivity (Wildman–Crippen MR) is 64.9 cm³/mol. The Bertz CT molecular complexity index is 570. The lowest BCUT2D eigenvalue weighted by atomic mass is 10.2. The quantitative estimate of drug-likeness (QED) is 0.613. The van der Waals surface area contributed by atoms with Crippen LogP contribution in [0.4, 0.5) is 4.39 Å². The van der Waals surface area contributed by atoms with Crippen molar-refractivity contribution in [1.29, 1.82) is 0 Å². The molecular formula is C11H13FN2O3S. The van der Waals surface area contributed by atoms with E-state index in [1.54, 1.807) is 6.08 Å². The summed E-state index contributed by atoms with van der Waals surface area (Å²) in [6.45, 7) is 3.81. The van der Waals surface area contributed by atoms with E-state index in [2.05, 4.69) is 11.9 Å². The maximum Gasteiger partial charge on any atom is 0.254 e. The summed E-state index contributed by atoms with van der Waals surface area (Å²) in [4.78, 5) is 11.2. The zero-order chi connectivity index (χ0) is 13.8. The zero-order valence-corrected chi connectivity index (χ0v) is 10.3. The molecule has 0 aliphatic heterocycles. The molecular weight excluding hydrogens is 259 g/mol. The van der Waals surface area contributed by atoms with Gasteiger partial charge in [0.2, 0.25) is 10.0 Å². The number of benzene rings is 1. The molecule has 0 aliphatic carbocycles. The lowest BCUT2D eigenvalue weighted by Crippen LogP contribution is -2.25. The highest BCUT2D eigenvalue weighted by Gasteiger charge is 2.15. The van der Waals surface area contributed by atoms with Crippen molar-refractivity contribution in [3.05, 3.63) is 42.2 Å². The second kappa shape index (κ2) is 5.74. The third kappa shape index (κ3) is 3.64. The fraction of sp³-hybridized carbons (Fsp3) is 0.182. The number of carbonyl (C=O) groups excluding carboxylic acids is 1. The van der Waals surface area contributed by atoms with Crippen LogP contribution in [0.1, 0.15) is 16.8 Å². The highest BCUT2D eigenvalue weighted by atomic mass is 32.2. The van der Waals surface area contributed by atoms with Gasteiger partial charge >= 0.3 is 0 Å². The summed E-state index contributed by atoms with van der Waals surface area (Å²) in [5.74, 6) is -1.55. The first-order valence-electron chi connectivity index (χ1n) is 5.07. The van der Waals surface area contributed by atoms with E-state index >= 15 is 0 Å². The van der Waals surface area contributed by atoms with E-state index in [1.807, 2.05) is 0 Å². The van der Waals surface area contributed by atoms with Gasteiger partial charge in [-0.05, 0) is 24.6 Å². The minimum absolute atomic E-state index is 0.230. The van der Waals surface area contributed by atoms with Crippen LogP contribution in [0, 0.1) is 5.82 Å². The molecule has 18 heavy (non-hydrogen) atoms. The summed E-state index contributed by atoms with van der Waals surface area (Å²) in [7, 11) is -3.97. The van der Waals surface area contributed by atoms with Gasteiger partial charge in [0.1, 0.15) is 5.82 Å². The van der Waals surface area contributed by atoms with Crippen LogP contribution in [0.3, 0.4) is 0 Å². The summed E-state index contributed by atoms with van der Waals surface area (Å²) < 4.78 is 35.5. The average molecular weight is 272 g/mol. The molecule has 1 amide bonds. The lowest BCUT2D eigenvalue weighted by Gasteiger charge is -2.06. The maximum atomic E-state index is 13.5. The zero-order valence-electron chi connectivity index (χ0n) is 9.52. The van der Waals surface area contributed by atoms with E-state index < -0.39 is 21.7 Å². The standard InChI is InChI=1S/C11H13FN2O3S/c1-2-3-6-14-11(15)9-5-4-8(7-10(9)12)18(13,16)17/h2,4-5,7H,1,3,6H2,(H,14,15)(H2,13,16,17). The van der Waals surface area contributed by atoms with Gasteiger partial charge in [0.25, 0.3) is 5.91 Å². The molecule has 0 radical (unpaired) electrons. The minimum atomic E-state index is -3.97. The summed E-state index contributed by atoms with van der Waals surface area (Å²) in [5, 5.41) is 7.31. The van der Waals surface area contributed by atoms with Gasteiger partial charge in [-0.1, -0.05) is 6.08 Å². The Morgan fingerprint density at radius 1 is 1.50 bits per heavy atom. The van der Waals surface area contributed by atoms with Crippen molar-refractivity contribution in [1.82, 2.24) is 5.32 Å². The maximum absolute atomic E-state index is 13.5. The summed E-state index contributed by atoms with van der Waals surface area (Å²) >= 11 is 0. The average Bonchev–Trinajstić information content (AvgIpc) is 2.27. The SMILES string of the molecule is C=CCCNC(=O)c1ccc(S(N)(=O)=O)cc1F. The predicted octanol–water partition coefficient (Wildman–Crippen LogP) is 0.779. The Labute approximate surface area is 105 Å². The third-order valence-corrected chi connectivity index (χ3v) is 3.06. The van der Waals surface area contributed by atoms with Crippen LogP contribution in [0.5, 0.6) is 0 Å². The molecule has 0 saturated carbocycles. The Morgan fingerprint density at radius 2 is 2.17 bits per heavy atom. The van der Waals surface area contributed by atoms with Gasteiger partial charge in [-0.15, -0.1) is 6.58 Å². The highest BCUT2D eigenvalue weighted by Crippen LogP contribution is 2.13. The molecule has 0 aliphatic rings. The second-order valence-corrected chi connectivity index (χ2v) is 5.08. The van der Waals surface area contributed by atoms with E-state index in [0.29, 0.717) is 13.0 Å². The number of halogens is 1. The summed E-state index contributed by atoms with van der Waals surface area (Å²) in [6, 6.07) is 2.89. The third-order valence-electron chi connectivity index (χ3n) is 2.15. The molecule has 0 atom stereocenters. The molecule has 3 N–H and O–H groups in total. The summed E-state index contributed by atoms with van der Waals surface area (Å²) in [5.41, 5.74) is -0.230. The Balaban J connectivity index is 2.92. The largest absolute Gasteiger partial charge is 0.352 e.